The second-order valence-corrected chi connectivity index (χ2v) is 7.21. The Morgan fingerprint density at radius 2 is 1.74 bits per heavy atom. The van der Waals surface area contributed by atoms with Crippen LogP contribution in [-0.4, -0.2) is 32.8 Å². The van der Waals surface area contributed by atoms with Gasteiger partial charge in [0.25, 0.3) is 0 Å². The lowest BCUT2D eigenvalue weighted by molar-refractivity contribution is -0.129. The number of primary sulfonamides is 1. The van der Waals surface area contributed by atoms with Gasteiger partial charge in [0, 0.05) is 13.5 Å². The summed E-state index contributed by atoms with van der Waals surface area (Å²) in [6, 6.07) is 5.60. The standard InChI is InChI=1S/C15H23N3O4S/c1-10(2)14(18-11(3)19)15(20)17-9-8-12-4-6-13(7-5-12)23(16,21)22/h4-7,10,14H,8-9H2,1-3H3,(H,17,20)(H,18,19)(H2,16,21,22)/t14-/m1/s1. The Bertz CT molecular complexity index is 654. The maximum absolute atomic E-state index is 12.1. The Morgan fingerprint density at radius 3 is 2.17 bits per heavy atom. The molecule has 1 aromatic rings. The highest BCUT2D eigenvalue weighted by Crippen LogP contribution is 2.09. The lowest BCUT2D eigenvalue weighted by Gasteiger charge is -2.20. The van der Waals surface area contributed by atoms with E-state index in [2.05, 4.69) is 10.6 Å². The molecule has 23 heavy (non-hydrogen) atoms. The van der Waals surface area contributed by atoms with Crippen LogP contribution in [0, 0.1) is 5.92 Å². The maximum Gasteiger partial charge on any atom is 0.242 e. The molecule has 2 amide bonds. The Labute approximate surface area is 136 Å². The van der Waals surface area contributed by atoms with Gasteiger partial charge in [-0.2, -0.15) is 0 Å². The van der Waals surface area contributed by atoms with Crippen molar-refractivity contribution >= 4 is 21.8 Å². The van der Waals surface area contributed by atoms with Gasteiger partial charge in [-0.3, -0.25) is 9.59 Å². The number of rotatable bonds is 7. The van der Waals surface area contributed by atoms with Gasteiger partial charge in [0.1, 0.15) is 6.04 Å². The molecule has 1 rings (SSSR count). The highest BCUT2D eigenvalue weighted by Gasteiger charge is 2.22. The zero-order valence-electron chi connectivity index (χ0n) is 13.5. The molecule has 0 aliphatic carbocycles. The topological polar surface area (TPSA) is 118 Å². The van der Waals surface area contributed by atoms with Gasteiger partial charge in [0.05, 0.1) is 4.90 Å². The van der Waals surface area contributed by atoms with Crippen LogP contribution in [0.5, 0.6) is 0 Å². The lowest BCUT2D eigenvalue weighted by Crippen LogP contribution is -2.49. The second kappa shape index (κ2) is 8.07. The van der Waals surface area contributed by atoms with E-state index in [1.807, 2.05) is 13.8 Å². The SMILES string of the molecule is CC(=O)N[C@@H](C(=O)NCCc1ccc(S(N)(=O)=O)cc1)C(C)C. The summed E-state index contributed by atoms with van der Waals surface area (Å²) in [5.41, 5.74) is 0.873. The van der Waals surface area contributed by atoms with Crippen LogP contribution in [0.2, 0.25) is 0 Å². The maximum atomic E-state index is 12.1. The first-order valence-corrected chi connectivity index (χ1v) is 8.82. The average Bonchev–Trinajstić information content (AvgIpc) is 2.43. The van der Waals surface area contributed by atoms with Crippen molar-refractivity contribution in [2.75, 3.05) is 6.54 Å². The van der Waals surface area contributed by atoms with Gasteiger partial charge in [-0.25, -0.2) is 13.6 Å². The Hall–Kier alpha value is -1.93. The van der Waals surface area contributed by atoms with Crippen LogP contribution in [0.25, 0.3) is 0 Å². The summed E-state index contributed by atoms with van der Waals surface area (Å²) in [4.78, 5) is 23.2. The molecule has 128 valence electrons. The minimum absolute atomic E-state index is 0.0204. The summed E-state index contributed by atoms with van der Waals surface area (Å²) in [5, 5.41) is 10.4. The number of benzene rings is 1. The largest absolute Gasteiger partial charge is 0.354 e. The fourth-order valence-corrected chi connectivity index (χ4v) is 2.56. The molecular weight excluding hydrogens is 318 g/mol. The molecule has 0 aliphatic rings. The van der Waals surface area contributed by atoms with Gasteiger partial charge in [0.2, 0.25) is 21.8 Å². The number of nitrogens with one attached hydrogen (secondary N) is 2. The van der Waals surface area contributed by atoms with E-state index < -0.39 is 16.1 Å². The van der Waals surface area contributed by atoms with E-state index in [4.69, 9.17) is 5.14 Å². The van der Waals surface area contributed by atoms with Crippen molar-refractivity contribution in [2.45, 2.75) is 38.1 Å². The third-order valence-corrected chi connectivity index (χ3v) is 4.20. The average molecular weight is 341 g/mol. The number of hydrogen-bond donors (Lipinski definition) is 3. The highest BCUT2D eigenvalue weighted by molar-refractivity contribution is 7.89. The summed E-state index contributed by atoms with van der Waals surface area (Å²) in [6.07, 6.45) is 0.543. The minimum atomic E-state index is -3.70. The fraction of sp³-hybridized carbons (Fsp3) is 0.467. The summed E-state index contributed by atoms with van der Waals surface area (Å²) in [6.45, 7) is 5.46. The molecule has 0 saturated carbocycles. The molecule has 0 aliphatic heterocycles. The summed E-state index contributed by atoms with van der Waals surface area (Å²) in [5.74, 6) is -0.512. The van der Waals surface area contributed by atoms with Crippen LogP contribution in [0.15, 0.2) is 29.2 Å². The highest BCUT2D eigenvalue weighted by atomic mass is 32.2. The van der Waals surface area contributed by atoms with Gasteiger partial charge >= 0.3 is 0 Å². The first-order chi connectivity index (χ1) is 10.6. The van der Waals surface area contributed by atoms with Crippen LogP contribution in [0.3, 0.4) is 0 Å². The van der Waals surface area contributed by atoms with E-state index in [0.717, 1.165) is 5.56 Å². The molecule has 0 bridgehead atoms. The second-order valence-electron chi connectivity index (χ2n) is 5.65. The first-order valence-electron chi connectivity index (χ1n) is 7.28. The van der Waals surface area contributed by atoms with Crippen molar-refractivity contribution in [1.29, 1.82) is 0 Å². The van der Waals surface area contributed by atoms with Gasteiger partial charge in [-0.05, 0) is 30.0 Å². The number of carbonyl (C=O) groups is 2. The number of carbonyl (C=O) groups excluding carboxylic acids is 2. The molecule has 8 heteroatoms. The molecular formula is C15H23N3O4S. The van der Waals surface area contributed by atoms with Crippen molar-refractivity contribution in [2.24, 2.45) is 11.1 Å². The van der Waals surface area contributed by atoms with Crippen molar-refractivity contribution in [1.82, 2.24) is 10.6 Å². The quantitative estimate of drug-likeness (QED) is 0.654. The summed E-state index contributed by atoms with van der Waals surface area (Å²) >= 11 is 0. The van der Waals surface area contributed by atoms with Crippen molar-refractivity contribution in [3.05, 3.63) is 29.8 Å². The van der Waals surface area contributed by atoms with Crippen LogP contribution in [-0.2, 0) is 26.0 Å². The predicted octanol–water partition coefficient (Wildman–Crippen LogP) is 0.153. The van der Waals surface area contributed by atoms with Crippen LogP contribution in [0.4, 0.5) is 0 Å². The third kappa shape index (κ3) is 6.37. The Morgan fingerprint density at radius 1 is 1.17 bits per heavy atom. The van der Waals surface area contributed by atoms with E-state index in [0.29, 0.717) is 13.0 Å². The Balaban J connectivity index is 2.55. The number of amides is 2. The van der Waals surface area contributed by atoms with Crippen LogP contribution >= 0.6 is 0 Å². The van der Waals surface area contributed by atoms with Gasteiger partial charge < -0.3 is 10.6 Å². The molecule has 0 heterocycles. The minimum Gasteiger partial charge on any atom is -0.354 e. The number of sulfonamides is 1. The zero-order chi connectivity index (χ0) is 17.6. The fourth-order valence-electron chi connectivity index (χ4n) is 2.04. The number of nitrogens with two attached hydrogens (primary N) is 1. The predicted molar refractivity (Wildman–Crippen MR) is 87.0 cm³/mol. The van der Waals surface area contributed by atoms with E-state index in [-0.39, 0.29) is 22.6 Å². The molecule has 4 N–H and O–H groups in total. The van der Waals surface area contributed by atoms with Gasteiger partial charge in [-0.15, -0.1) is 0 Å². The third-order valence-electron chi connectivity index (χ3n) is 3.27. The van der Waals surface area contributed by atoms with Gasteiger partial charge in [0.15, 0.2) is 0 Å². The molecule has 7 nitrogen and oxygen atoms in total. The van der Waals surface area contributed by atoms with Crippen LogP contribution in [0.1, 0.15) is 26.3 Å². The van der Waals surface area contributed by atoms with E-state index in [9.17, 15) is 18.0 Å². The number of hydrogen-bond acceptors (Lipinski definition) is 4. The molecule has 0 saturated heterocycles. The molecule has 0 radical (unpaired) electrons. The van der Waals surface area contributed by atoms with Crippen molar-refractivity contribution in [3.8, 4) is 0 Å². The lowest BCUT2D eigenvalue weighted by atomic mass is 10.0. The first kappa shape index (κ1) is 19.1. The summed E-state index contributed by atoms with van der Waals surface area (Å²) < 4.78 is 22.3. The Kier molecular flexibility index (Phi) is 6.71. The molecule has 1 aromatic carbocycles. The van der Waals surface area contributed by atoms with E-state index >= 15 is 0 Å². The zero-order valence-corrected chi connectivity index (χ0v) is 14.3. The van der Waals surface area contributed by atoms with E-state index in [1.165, 1.54) is 19.1 Å². The van der Waals surface area contributed by atoms with Crippen LogP contribution < -0.4 is 15.8 Å². The molecule has 0 unspecified atom stereocenters. The molecule has 0 fully saturated rings. The van der Waals surface area contributed by atoms with Crippen molar-refractivity contribution in [3.63, 3.8) is 0 Å². The summed E-state index contributed by atoms with van der Waals surface area (Å²) in [7, 11) is -3.70. The normalized spacial score (nSPS) is 12.7. The molecule has 0 spiro atoms. The van der Waals surface area contributed by atoms with Crippen molar-refractivity contribution < 1.29 is 18.0 Å². The molecule has 0 aromatic heterocycles. The monoisotopic (exact) mass is 341 g/mol. The van der Waals surface area contributed by atoms with E-state index in [1.54, 1.807) is 12.1 Å². The van der Waals surface area contributed by atoms with Gasteiger partial charge in [-0.1, -0.05) is 26.0 Å². The smallest absolute Gasteiger partial charge is 0.242 e. The molecule has 1 atom stereocenters.